The smallest absolute Gasteiger partial charge is 0.178 e. The Morgan fingerprint density at radius 2 is 2.00 bits per heavy atom. The van der Waals surface area contributed by atoms with Gasteiger partial charge in [-0.2, -0.15) is 4.52 Å². The van der Waals surface area contributed by atoms with E-state index in [-0.39, 0.29) is 0 Å². The van der Waals surface area contributed by atoms with Crippen LogP contribution in [0.3, 0.4) is 0 Å². The lowest BCUT2D eigenvalue weighted by Gasteiger charge is -2.44. The van der Waals surface area contributed by atoms with Crippen molar-refractivity contribution in [3.05, 3.63) is 41.7 Å². The molecule has 27 heavy (non-hydrogen) atoms. The van der Waals surface area contributed by atoms with Gasteiger partial charge >= 0.3 is 0 Å². The molecule has 2 aliphatic rings. The third kappa shape index (κ3) is 3.03. The Hall–Kier alpha value is -2.61. The molecule has 8 heteroatoms. The van der Waals surface area contributed by atoms with Crippen LogP contribution < -0.4 is 4.90 Å². The molecular weight excluding hydrogens is 340 g/mol. The lowest BCUT2D eigenvalue weighted by atomic mass is 9.85. The zero-order valence-corrected chi connectivity index (χ0v) is 15.8. The zero-order chi connectivity index (χ0) is 18.4. The molecule has 5 rings (SSSR count). The normalized spacial score (nSPS) is 18.1. The van der Waals surface area contributed by atoms with Crippen LogP contribution in [0.4, 0.5) is 5.82 Å². The highest BCUT2D eigenvalue weighted by Gasteiger charge is 2.32. The number of rotatable bonds is 5. The molecule has 0 aromatic carbocycles. The Morgan fingerprint density at radius 3 is 2.74 bits per heavy atom. The quantitative estimate of drug-likeness (QED) is 0.683. The van der Waals surface area contributed by atoms with E-state index in [1.165, 1.54) is 19.3 Å². The first-order valence-electron chi connectivity index (χ1n) is 9.62. The van der Waals surface area contributed by atoms with Crippen LogP contribution in [0, 0.1) is 6.92 Å². The fourth-order valence-electron chi connectivity index (χ4n) is 3.78. The Labute approximate surface area is 158 Å². The van der Waals surface area contributed by atoms with Gasteiger partial charge in [0.05, 0.1) is 11.4 Å². The van der Waals surface area contributed by atoms with Gasteiger partial charge in [-0.3, -0.25) is 14.9 Å². The standard InChI is InChI=1S/C19H24N8/c1-13-8-20-9-15(21-13)10-25(2)16-11-26(12-16)18-7-6-17-22-23-19(27(17)24-18)14-4-3-5-14/h6-9,14,16H,3-5,10-12H2,1-2H3. The van der Waals surface area contributed by atoms with Gasteiger partial charge in [0.1, 0.15) is 5.82 Å². The molecule has 0 atom stereocenters. The van der Waals surface area contributed by atoms with Crippen LogP contribution in [0.5, 0.6) is 0 Å². The highest BCUT2D eigenvalue weighted by molar-refractivity contribution is 5.48. The summed E-state index contributed by atoms with van der Waals surface area (Å²) in [5, 5.41) is 13.5. The molecule has 0 unspecified atom stereocenters. The fourth-order valence-corrected chi connectivity index (χ4v) is 3.78. The molecule has 3 aromatic rings. The van der Waals surface area contributed by atoms with E-state index in [2.05, 4.69) is 43.1 Å². The molecular formula is C19H24N8. The molecule has 1 saturated carbocycles. The van der Waals surface area contributed by atoms with Crippen molar-refractivity contribution in [2.45, 2.75) is 44.7 Å². The second-order valence-electron chi connectivity index (χ2n) is 7.77. The molecule has 1 saturated heterocycles. The van der Waals surface area contributed by atoms with E-state index in [9.17, 15) is 0 Å². The van der Waals surface area contributed by atoms with E-state index in [0.29, 0.717) is 12.0 Å². The molecule has 0 N–H and O–H groups in total. The number of fused-ring (bicyclic) bond motifs is 1. The Balaban J connectivity index is 1.26. The predicted molar refractivity (Wildman–Crippen MR) is 102 cm³/mol. The van der Waals surface area contributed by atoms with Crippen LogP contribution in [0.15, 0.2) is 24.5 Å². The lowest BCUT2D eigenvalue weighted by Crippen LogP contribution is -2.58. The van der Waals surface area contributed by atoms with Crippen molar-refractivity contribution in [1.29, 1.82) is 0 Å². The van der Waals surface area contributed by atoms with Crippen molar-refractivity contribution in [3.63, 3.8) is 0 Å². The van der Waals surface area contributed by atoms with Gasteiger partial charge in [-0.05, 0) is 38.9 Å². The molecule has 0 radical (unpaired) electrons. The summed E-state index contributed by atoms with van der Waals surface area (Å²) < 4.78 is 1.94. The van der Waals surface area contributed by atoms with Gasteiger partial charge in [0.15, 0.2) is 11.5 Å². The first-order valence-corrected chi connectivity index (χ1v) is 9.62. The molecule has 8 nitrogen and oxygen atoms in total. The van der Waals surface area contributed by atoms with Crippen LogP contribution >= 0.6 is 0 Å². The van der Waals surface area contributed by atoms with E-state index in [1.54, 1.807) is 6.20 Å². The Kier molecular flexibility index (Phi) is 4.00. The van der Waals surface area contributed by atoms with Crippen LogP contribution in [-0.2, 0) is 6.54 Å². The summed E-state index contributed by atoms with van der Waals surface area (Å²) in [6.07, 6.45) is 7.32. The molecule has 0 spiro atoms. The molecule has 0 amide bonds. The number of aromatic nitrogens is 6. The minimum Gasteiger partial charge on any atom is -0.352 e. The topological polar surface area (TPSA) is 75.3 Å². The number of hydrogen-bond donors (Lipinski definition) is 0. The third-order valence-corrected chi connectivity index (χ3v) is 5.77. The molecule has 0 bridgehead atoms. The van der Waals surface area contributed by atoms with E-state index in [4.69, 9.17) is 5.10 Å². The Morgan fingerprint density at radius 1 is 1.15 bits per heavy atom. The largest absolute Gasteiger partial charge is 0.352 e. The van der Waals surface area contributed by atoms with E-state index < -0.39 is 0 Å². The molecule has 1 aliphatic heterocycles. The summed E-state index contributed by atoms with van der Waals surface area (Å²) in [4.78, 5) is 13.4. The zero-order valence-electron chi connectivity index (χ0n) is 15.8. The van der Waals surface area contributed by atoms with Crippen molar-refractivity contribution in [1.82, 2.24) is 34.7 Å². The van der Waals surface area contributed by atoms with E-state index in [1.807, 2.05) is 23.7 Å². The molecule has 140 valence electrons. The molecule has 2 fully saturated rings. The number of hydrogen-bond acceptors (Lipinski definition) is 7. The lowest BCUT2D eigenvalue weighted by molar-refractivity contribution is 0.194. The van der Waals surface area contributed by atoms with Crippen LogP contribution in [0.2, 0.25) is 0 Å². The second kappa shape index (κ2) is 6.53. The van der Waals surface area contributed by atoms with Crippen LogP contribution in [-0.4, -0.2) is 60.9 Å². The van der Waals surface area contributed by atoms with Gasteiger partial charge in [-0.15, -0.1) is 15.3 Å². The highest BCUT2D eigenvalue weighted by Crippen LogP contribution is 2.35. The number of likely N-dealkylation sites (N-methyl/N-ethyl adjacent to an activating group) is 1. The van der Waals surface area contributed by atoms with Gasteiger partial charge in [-0.25, -0.2) is 0 Å². The minimum atomic E-state index is 0.497. The van der Waals surface area contributed by atoms with Crippen molar-refractivity contribution >= 4 is 11.5 Å². The monoisotopic (exact) mass is 364 g/mol. The van der Waals surface area contributed by atoms with Gasteiger partial charge in [-0.1, -0.05) is 6.42 Å². The highest BCUT2D eigenvalue weighted by atomic mass is 15.4. The summed E-state index contributed by atoms with van der Waals surface area (Å²) in [5.74, 6) is 2.54. The van der Waals surface area contributed by atoms with Gasteiger partial charge in [0.2, 0.25) is 0 Å². The predicted octanol–water partition coefficient (Wildman–Crippen LogP) is 1.81. The van der Waals surface area contributed by atoms with E-state index >= 15 is 0 Å². The maximum atomic E-state index is 4.83. The third-order valence-electron chi connectivity index (χ3n) is 5.77. The van der Waals surface area contributed by atoms with E-state index in [0.717, 1.165) is 48.3 Å². The summed E-state index contributed by atoms with van der Waals surface area (Å²) in [7, 11) is 2.15. The maximum Gasteiger partial charge on any atom is 0.178 e. The average Bonchev–Trinajstić information content (AvgIpc) is 2.95. The average molecular weight is 364 g/mol. The van der Waals surface area contributed by atoms with Gasteiger partial charge < -0.3 is 4.90 Å². The van der Waals surface area contributed by atoms with Gasteiger partial charge in [0, 0.05) is 44.0 Å². The Bertz CT molecular complexity index is 957. The fraction of sp³-hybridized carbons (Fsp3) is 0.526. The van der Waals surface area contributed by atoms with Crippen molar-refractivity contribution in [3.8, 4) is 0 Å². The maximum absolute atomic E-state index is 4.83. The number of nitrogens with zero attached hydrogens (tertiary/aromatic N) is 8. The molecule has 3 aromatic heterocycles. The minimum absolute atomic E-state index is 0.497. The van der Waals surface area contributed by atoms with Crippen LogP contribution in [0.25, 0.3) is 5.65 Å². The van der Waals surface area contributed by atoms with Crippen LogP contribution in [0.1, 0.15) is 42.4 Å². The SMILES string of the molecule is Cc1cncc(CN(C)C2CN(c3ccc4nnc(C5CCC5)n4n3)C2)n1. The molecule has 1 aliphatic carbocycles. The first-order chi connectivity index (χ1) is 13.2. The second-order valence-corrected chi connectivity index (χ2v) is 7.77. The van der Waals surface area contributed by atoms with Crippen molar-refractivity contribution in [2.24, 2.45) is 0 Å². The molecule has 4 heterocycles. The summed E-state index contributed by atoms with van der Waals surface area (Å²) in [6, 6.07) is 4.57. The van der Waals surface area contributed by atoms with Gasteiger partial charge in [0.25, 0.3) is 0 Å². The summed E-state index contributed by atoms with van der Waals surface area (Å²) in [5.41, 5.74) is 2.82. The number of aryl methyl sites for hydroxylation is 1. The van der Waals surface area contributed by atoms with Crippen molar-refractivity contribution in [2.75, 3.05) is 25.0 Å². The van der Waals surface area contributed by atoms with Crippen molar-refractivity contribution < 1.29 is 0 Å². The summed E-state index contributed by atoms with van der Waals surface area (Å²) >= 11 is 0. The summed E-state index contributed by atoms with van der Waals surface area (Å²) in [6.45, 7) is 4.73. The first kappa shape index (κ1) is 16.6. The number of anilines is 1.